The number of nitrogens with two attached hydrogens (primary N) is 2. The van der Waals surface area contributed by atoms with E-state index in [0.29, 0.717) is 37.3 Å². The van der Waals surface area contributed by atoms with E-state index in [9.17, 15) is 72.0 Å². The van der Waals surface area contributed by atoms with Crippen LogP contribution in [0.3, 0.4) is 0 Å². The SMILES string of the molecule is C.C.C.C#Cc1cc2n(c1)C(=O)N(CC[C@](C)(C(=O)NC)S(C)(=O)=O)C2.C#Cc1cc2n(c1)C(=O)N(CC[C@](C)(C(C)=O)S(C)(=O)=O)C2.CC(=O)[C@@](C)(CCN1Cc2cc(C)cn2C1=O)S(C)(=O)=O.CI.CI.CI.CN.CN.CNC(=O)[C@@](C)(CCN1Cc2cc(C)cn2C1=O)S(C)(=O)=O. The van der Waals surface area contributed by atoms with Crippen LogP contribution in [-0.4, -0.2) is 232 Å². The van der Waals surface area contributed by atoms with E-state index in [1.54, 1.807) is 55.9 Å². The number of halogens is 3. The van der Waals surface area contributed by atoms with E-state index < -0.39 is 81.7 Å². The highest BCUT2D eigenvalue weighted by Gasteiger charge is 2.47. The molecule has 4 atom stereocenters. The number of sulfone groups is 4. The molecule has 0 bridgehead atoms. The number of nitrogens with one attached hydrogen (secondary N) is 2. The van der Waals surface area contributed by atoms with Gasteiger partial charge in [-0.3, -0.25) is 37.4 Å². The molecule has 4 aliphatic heterocycles. The third kappa shape index (κ3) is 24.2. The van der Waals surface area contributed by atoms with Gasteiger partial charge in [0.15, 0.2) is 50.9 Å². The van der Waals surface area contributed by atoms with Crippen molar-refractivity contribution in [2.45, 2.75) is 149 Å². The number of aromatic nitrogens is 4. The Kier molecular flexibility index (Phi) is 43.2. The standard InChI is InChI=1S/C15H19N3O4S.C15H18N2O4S.C14H21N3O4S.C14H20N2O4S.3CH3I.2CH5N.3CH4/c1-5-11-8-12-10-17(14(20)18(12)9-11)7-6-15(2,13(19)16-3)23(4,21)22;1-5-12-8-13-10-16(14(19)17(13)9-12)7-6-15(3,11(2)18)22(4,20)21;1-10-7-11-9-16(13(19)17(11)8-10)6-5-14(2,12(18)15-3)22(4,20)21;1-10-7-12-9-15(13(18)16(12)8-10)6-5-14(3,11(2)17)21(4,19)20;5*1-2;;;/h1,8-9H,6-7,10H2,2-4H3,(H,16,19);1,8-9H,6-7,10H2,2-4H3;7-8H,5-6,9H2,1-4H3,(H,15,18);7-8H,5-6,9H2,1-4H3;3*1H3;2*2H2,1H3;3*1H4/t2*15-;2*14-;;;;;;;;/m1111......../s1. The quantitative estimate of drug-likeness (QED) is 0.0382. The molecule has 0 aromatic carbocycles. The molecular formula is C66H109I3N12O16S4. The van der Waals surface area contributed by atoms with E-state index in [0.717, 1.165) is 58.9 Å². The minimum absolute atomic E-state index is 0. The van der Waals surface area contributed by atoms with Crippen molar-refractivity contribution in [1.82, 2.24) is 48.5 Å². The Hall–Kier alpha value is -5.69. The van der Waals surface area contributed by atoms with Crippen LogP contribution in [0.2, 0.25) is 0 Å². The predicted molar refractivity (Wildman–Crippen MR) is 429 cm³/mol. The van der Waals surface area contributed by atoms with Gasteiger partial charge in [-0.05, 0) is 145 Å². The summed E-state index contributed by atoms with van der Waals surface area (Å²) in [5, 5.41) is 4.77. The zero-order valence-electron chi connectivity index (χ0n) is 59.3. The van der Waals surface area contributed by atoms with Crippen molar-refractivity contribution in [1.29, 1.82) is 0 Å². The highest BCUT2D eigenvalue weighted by atomic mass is 127. The van der Waals surface area contributed by atoms with Crippen LogP contribution in [-0.2, 0) is 84.7 Å². The van der Waals surface area contributed by atoms with Gasteiger partial charge in [-0.2, -0.15) is 0 Å². The molecule has 35 heteroatoms. The van der Waals surface area contributed by atoms with Gasteiger partial charge >= 0.3 is 24.1 Å². The molecule has 0 spiro atoms. The molecule has 0 radical (unpaired) electrons. The zero-order chi connectivity index (χ0) is 76.8. The lowest BCUT2D eigenvalue weighted by Crippen LogP contribution is -2.50. The average Bonchev–Trinajstić information content (AvgIpc) is 1.76. The van der Waals surface area contributed by atoms with Crippen LogP contribution in [0.25, 0.3) is 0 Å². The van der Waals surface area contributed by atoms with Crippen molar-refractivity contribution in [3.63, 3.8) is 0 Å². The number of amides is 6. The Balaban J connectivity index is -0.000000590. The fraction of sp³-hybridized carbons (Fsp3) is 0.576. The number of aryl methyl sites for hydroxylation is 2. The van der Waals surface area contributed by atoms with Crippen LogP contribution < -0.4 is 22.1 Å². The van der Waals surface area contributed by atoms with Crippen LogP contribution in [0.5, 0.6) is 0 Å². The molecule has 4 aromatic heterocycles. The van der Waals surface area contributed by atoms with E-state index in [1.807, 2.05) is 40.8 Å². The van der Waals surface area contributed by atoms with E-state index >= 15 is 0 Å². The van der Waals surface area contributed by atoms with Crippen LogP contribution in [0.15, 0.2) is 49.1 Å². The van der Waals surface area contributed by atoms with Crippen LogP contribution >= 0.6 is 67.8 Å². The van der Waals surface area contributed by atoms with Gasteiger partial charge in [0.25, 0.3) is 0 Å². The van der Waals surface area contributed by atoms with Gasteiger partial charge in [-0.15, -0.1) is 12.8 Å². The molecule has 28 nitrogen and oxygen atoms in total. The number of hydrogen-bond donors (Lipinski definition) is 4. The molecule has 6 amide bonds. The minimum Gasteiger partial charge on any atom is -0.358 e. The number of carbonyl (C=O) groups excluding carboxylic acids is 8. The number of rotatable bonds is 20. The first-order valence-corrected chi connectivity index (χ1v) is 43.9. The molecule has 6 N–H and O–H groups in total. The van der Waals surface area contributed by atoms with Gasteiger partial charge in [-0.1, -0.05) is 102 Å². The summed E-state index contributed by atoms with van der Waals surface area (Å²) >= 11 is 6.45. The lowest BCUT2D eigenvalue weighted by molar-refractivity contribution is -0.123. The predicted octanol–water partition coefficient (Wildman–Crippen LogP) is 7.32. The van der Waals surface area contributed by atoms with Gasteiger partial charge in [0.1, 0.15) is 19.0 Å². The Morgan fingerprint density at radius 1 is 0.436 bits per heavy atom. The van der Waals surface area contributed by atoms with E-state index in [1.165, 1.54) is 88.7 Å². The first kappa shape index (κ1) is 102. The first-order valence-electron chi connectivity index (χ1n) is 29.8. The average molecular weight is 1840 g/mol. The highest BCUT2D eigenvalue weighted by Crippen LogP contribution is 2.30. The van der Waals surface area contributed by atoms with E-state index in [4.69, 9.17) is 12.8 Å². The smallest absolute Gasteiger partial charge is 0.328 e. The van der Waals surface area contributed by atoms with E-state index in [2.05, 4.69) is 102 Å². The molecule has 8 heterocycles. The van der Waals surface area contributed by atoms with Crippen molar-refractivity contribution in [3.05, 3.63) is 94.1 Å². The summed E-state index contributed by atoms with van der Waals surface area (Å²) in [6, 6.07) is 6.47. The minimum atomic E-state index is -3.63. The second-order valence-electron chi connectivity index (χ2n) is 23.3. The number of Topliss-reactive ketones (excluding diaryl/α,β-unsaturated/α-hetero) is 2. The molecule has 0 saturated carbocycles. The molecule has 8 rings (SSSR count). The molecule has 101 heavy (non-hydrogen) atoms. The first-order chi connectivity index (χ1) is 45.4. The largest absolute Gasteiger partial charge is 0.358 e. The molecule has 574 valence electrons. The fourth-order valence-electron chi connectivity index (χ4n) is 10.1. The summed E-state index contributed by atoms with van der Waals surface area (Å²) < 4.78 is 95.5. The summed E-state index contributed by atoms with van der Waals surface area (Å²) in [6.07, 6.45) is 21.7. The van der Waals surface area contributed by atoms with Crippen molar-refractivity contribution in [3.8, 4) is 24.7 Å². The lowest BCUT2D eigenvalue weighted by atomic mass is 10.0. The monoisotopic (exact) mass is 1830 g/mol. The maximum absolute atomic E-state index is 12.3. The van der Waals surface area contributed by atoms with Crippen molar-refractivity contribution < 1.29 is 72.0 Å². The van der Waals surface area contributed by atoms with Crippen LogP contribution in [0.1, 0.15) is 135 Å². The zero-order valence-corrected chi connectivity index (χ0v) is 69.0. The highest BCUT2D eigenvalue weighted by molar-refractivity contribution is 14.1. The number of nitrogens with zero attached hydrogens (tertiary/aromatic N) is 8. The van der Waals surface area contributed by atoms with Gasteiger partial charge in [0.05, 0.1) is 26.2 Å². The van der Waals surface area contributed by atoms with Crippen LogP contribution in [0, 0.1) is 38.5 Å². The third-order valence-corrected chi connectivity index (χ3v) is 25.4. The van der Waals surface area contributed by atoms with Gasteiger partial charge in [0, 0.05) is 124 Å². The van der Waals surface area contributed by atoms with Crippen molar-refractivity contribution in [2.75, 3.05) is 94.2 Å². The maximum atomic E-state index is 12.3. The summed E-state index contributed by atoms with van der Waals surface area (Å²) in [4.78, 5) is 109. The number of carbonyl (C=O) groups is 8. The Morgan fingerprint density at radius 3 is 0.802 bits per heavy atom. The Labute approximate surface area is 642 Å². The fourth-order valence-corrected chi connectivity index (χ4v) is 13.9. The van der Waals surface area contributed by atoms with E-state index in [-0.39, 0.29) is 98.3 Å². The normalized spacial score (nSPS) is 15.2. The number of alkyl halides is 3. The Morgan fingerprint density at radius 2 is 0.634 bits per heavy atom. The number of ketones is 2. The molecule has 4 aliphatic rings. The summed E-state index contributed by atoms with van der Waals surface area (Å²) in [6.45, 7) is 14.3. The molecule has 0 aliphatic carbocycles. The number of terminal acetylenes is 2. The molecule has 4 aromatic rings. The number of fused-ring (bicyclic) bond motifs is 4. The Bertz CT molecular complexity index is 4080. The topological polar surface area (TPSA) is 382 Å². The second-order valence-corrected chi connectivity index (χ2v) is 33.1. The summed E-state index contributed by atoms with van der Waals surface area (Å²) in [5.74, 6) is 2.98. The lowest BCUT2D eigenvalue weighted by Gasteiger charge is -2.27. The summed E-state index contributed by atoms with van der Waals surface area (Å²) in [5.41, 5.74) is 15.6. The molecule has 0 fully saturated rings. The third-order valence-electron chi connectivity index (χ3n) is 17.1. The number of hydrogen-bond acceptors (Lipinski definition) is 18. The van der Waals surface area contributed by atoms with Gasteiger partial charge < -0.3 is 41.7 Å². The van der Waals surface area contributed by atoms with Gasteiger partial charge in [-0.25, -0.2) is 52.8 Å². The van der Waals surface area contributed by atoms with Gasteiger partial charge in [0.2, 0.25) is 11.8 Å². The second kappa shape index (κ2) is 42.9. The van der Waals surface area contributed by atoms with Crippen LogP contribution in [0.4, 0.5) is 19.2 Å². The molecule has 0 unspecified atom stereocenters. The maximum Gasteiger partial charge on any atom is 0.328 e. The van der Waals surface area contributed by atoms with Crippen molar-refractivity contribution >= 4 is 155 Å². The van der Waals surface area contributed by atoms with Crippen molar-refractivity contribution in [2.24, 2.45) is 11.5 Å². The summed E-state index contributed by atoms with van der Waals surface area (Å²) in [7, 11) is -8.53. The molecular weight excluding hydrogens is 1730 g/mol. The molecule has 0 saturated heterocycles.